The van der Waals surface area contributed by atoms with E-state index in [2.05, 4.69) is 16.7 Å². The Hall–Kier alpha value is -1.46. The molecule has 6 nitrogen and oxygen atoms in total. The number of carbonyl (C=O) groups is 2. The Kier molecular flexibility index (Phi) is 8.76. The average molecular weight is 290 g/mol. The smallest absolute Gasteiger partial charge is 0.431 e. The molecular formula is C14H26O6. The number of hydrogen-bond acceptors (Lipinski definition) is 6. The van der Waals surface area contributed by atoms with Crippen LogP contribution in [0.3, 0.4) is 0 Å². The Morgan fingerprint density at radius 3 is 2.15 bits per heavy atom. The normalized spacial score (nSPS) is 12.4. The van der Waals surface area contributed by atoms with Crippen LogP contribution < -0.4 is 0 Å². The molecule has 0 saturated heterocycles. The van der Waals surface area contributed by atoms with Crippen LogP contribution in [-0.4, -0.2) is 24.5 Å². The summed E-state index contributed by atoms with van der Waals surface area (Å²) in [7, 11) is 0. The predicted molar refractivity (Wildman–Crippen MR) is 73.1 cm³/mol. The van der Waals surface area contributed by atoms with Gasteiger partial charge in [-0.15, -0.1) is 0 Å². The van der Waals surface area contributed by atoms with Crippen molar-refractivity contribution in [2.45, 2.75) is 65.9 Å². The lowest BCUT2D eigenvalue weighted by Gasteiger charge is -2.17. The van der Waals surface area contributed by atoms with Gasteiger partial charge in [0.15, 0.2) is 0 Å². The summed E-state index contributed by atoms with van der Waals surface area (Å²) >= 11 is 0. The summed E-state index contributed by atoms with van der Waals surface area (Å²) in [4.78, 5) is 30.8. The second kappa shape index (κ2) is 9.44. The van der Waals surface area contributed by atoms with E-state index >= 15 is 0 Å². The summed E-state index contributed by atoms with van der Waals surface area (Å²) in [5.41, 5.74) is -0.711. The third kappa shape index (κ3) is 10.5. The fourth-order valence-corrected chi connectivity index (χ4v) is 1.44. The SMILES string of the molecule is CCCCC(CC)COC(=O)OOC(=O)OC(C)(C)C. The van der Waals surface area contributed by atoms with Gasteiger partial charge in [0, 0.05) is 0 Å². The third-order valence-electron chi connectivity index (χ3n) is 2.55. The van der Waals surface area contributed by atoms with Crippen molar-refractivity contribution < 1.29 is 28.8 Å². The summed E-state index contributed by atoms with van der Waals surface area (Å²) < 4.78 is 9.67. The number of rotatable bonds is 6. The Morgan fingerprint density at radius 2 is 1.65 bits per heavy atom. The lowest BCUT2D eigenvalue weighted by Crippen LogP contribution is -2.25. The van der Waals surface area contributed by atoms with Gasteiger partial charge < -0.3 is 9.47 Å². The molecule has 1 unspecified atom stereocenters. The molecule has 6 heteroatoms. The van der Waals surface area contributed by atoms with Crippen molar-refractivity contribution in [2.75, 3.05) is 6.61 Å². The number of ether oxygens (including phenoxy) is 2. The van der Waals surface area contributed by atoms with Crippen LogP contribution >= 0.6 is 0 Å². The van der Waals surface area contributed by atoms with E-state index in [1.807, 2.05) is 6.92 Å². The highest BCUT2D eigenvalue weighted by Gasteiger charge is 2.20. The standard InChI is InChI=1S/C14H26O6/c1-6-8-9-11(7-2)10-17-12(15)19-20-13(16)18-14(3,4)5/h11H,6-10H2,1-5H3. The van der Waals surface area contributed by atoms with Crippen LogP contribution in [0.1, 0.15) is 60.3 Å². The van der Waals surface area contributed by atoms with Crippen LogP contribution in [0.2, 0.25) is 0 Å². The third-order valence-corrected chi connectivity index (χ3v) is 2.55. The summed E-state index contributed by atoms with van der Waals surface area (Å²) in [6.07, 6.45) is 1.99. The zero-order valence-electron chi connectivity index (χ0n) is 13.1. The molecule has 0 aliphatic rings. The van der Waals surface area contributed by atoms with Gasteiger partial charge >= 0.3 is 12.3 Å². The summed E-state index contributed by atoms with van der Waals surface area (Å²) in [6, 6.07) is 0. The van der Waals surface area contributed by atoms with Gasteiger partial charge in [0.05, 0.1) is 6.61 Å². The van der Waals surface area contributed by atoms with Crippen LogP contribution in [0.15, 0.2) is 0 Å². The Morgan fingerprint density at radius 1 is 1.05 bits per heavy atom. The maximum absolute atomic E-state index is 11.2. The van der Waals surface area contributed by atoms with E-state index in [4.69, 9.17) is 9.47 Å². The first-order valence-corrected chi connectivity index (χ1v) is 7.02. The molecule has 118 valence electrons. The van der Waals surface area contributed by atoms with E-state index in [0.29, 0.717) is 5.92 Å². The van der Waals surface area contributed by atoms with E-state index in [1.165, 1.54) is 0 Å². The molecule has 0 spiro atoms. The van der Waals surface area contributed by atoms with Crippen LogP contribution in [-0.2, 0) is 19.2 Å². The van der Waals surface area contributed by atoms with Gasteiger partial charge in [-0.3, -0.25) is 0 Å². The minimum atomic E-state index is -1.08. The summed E-state index contributed by atoms with van der Waals surface area (Å²) in [6.45, 7) is 9.42. The van der Waals surface area contributed by atoms with Crippen molar-refractivity contribution in [1.82, 2.24) is 0 Å². The van der Waals surface area contributed by atoms with Gasteiger partial charge in [0.2, 0.25) is 0 Å². The molecule has 20 heavy (non-hydrogen) atoms. The molecule has 0 heterocycles. The lowest BCUT2D eigenvalue weighted by atomic mass is 10.0. The molecular weight excluding hydrogens is 264 g/mol. The van der Waals surface area contributed by atoms with Crippen molar-refractivity contribution in [2.24, 2.45) is 5.92 Å². The Balaban J connectivity index is 3.85. The largest absolute Gasteiger partial charge is 0.550 e. The molecule has 0 bridgehead atoms. The molecule has 0 amide bonds. The predicted octanol–water partition coefficient (Wildman–Crippen LogP) is 4.22. The molecule has 0 aliphatic carbocycles. The fourth-order valence-electron chi connectivity index (χ4n) is 1.44. The second-order valence-electron chi connectivity index (χ2n) is 5.61. The molecule has 1 atom stereocenters. The van der Waals surface area contributed by atoms with Crippen LogP contribution in [0.4, 0.5) is 9.59 Å². The van der Waals surface area contributed by atoms with E-state index < -0.39 is 17.9 Å². The van der Waals surface area contributed by atoms with Gasteiger partial charge in [0.25, 0.3) is 0 Å². The lowest BCUT2D eigenvalue weighted by molar-refractivity contribution is -0.226. The summed E-state index contributed by atoms with van der Waals surface area (Å²) in [5, 5.41) is 0. The zero-order chi connectivity index (χ0) is 15.6. The monoisotopic (exact) mass is 290 g/mol. The van der Waals surface area contributed by atoms with Crippen LogP contribution in [0.25, 0.3) is 0 Å². The van der Waals surface area contributed by atoms with Crippen molar-refractivity contribution in [3.63, 3.8) is 0 Å². The fraction of sp³-hybridized carbons (Fsp3) is 0.857. The quantitative estimate of drug-likeness (QED) is 0.414. The van der Waals surface area contributed by atoms with Gasteiger partial charge in [-0.05, 0) is 33.1 Å². The zero-order valence-corrected chi connectivity index (χ0v) is 13.1. The van der Waals surface area contributed by atoms with E-state index in [0.717, 1.165) is 25.7 Å². The number of carbonyl (C=O) groups excluding carboxylic acids is 2. The molecule has 0 aromatic heterocycles. The molecule has 0 saturated carbocycles. The van der Waals surface area contributed by atoms with Gasteiger partial charge in [-0.25, -0.2) is 0 Å². The highest BCUT2D eigenvalue weighted by atomic mass is 17.3. The van der Waals surface area contributed by atoms with Crippen molar-refractivity contribution in [1.29, 1.82) is 0 Å². The highest BCUT2D eigenvalue weighted by Crippen LogP contribution is 2.13. The van der Waals surface area contributed by atoms with E-state index in [-0.39, 0.29) is 6.61 Å². The molecule has 0 aromatic carbocycles. The van der Waals surface area contributed by atoms with Crippen molar-refractivity contribution in [3.05, 3.63) is 0 Å². The number of unbranched alkanes of at least 4 members (excludes halogenated alkanes) is 1. The Labute approximate surface area is 120 Å². The van der Waals surface area contributed by atoms with Gasteiger partial charge in [-0.1, -0.05) is 33.1 Å². The first kappa shape index (κ1) is 18.5. The molecule has 0 aliphatic heterocycles. The molecule has 0 fully saturated rings. The first-order valence-electron chi connectivity index (χ1n) is 7.02. The molecule has 0 radical (unpaired) electrons. The van der Waals surface area contributed by atoms with Gasteiger partial charge in [-0.2, -0.15) is 19.4 Å². The highest BCUT2D eigenvalue weighted by molar-refractivity contribution is 5.63. The number of hydrogen-bond donors (Lipinski definition) is 0. The average Bonchev–Trinajstić information content (AvgIpc) is 2.34. The minimum Gasteiger partial charge on any atom is -0.431 e. The van der Waals surface area contributed by atoms with Crippen molar-refractivity contribution in [3.8, 4) is 0 Å². The van der Waals surface area contributed by atoms with Gasteiger partial charge in [0.1, 0.15) is 5.60 Å². The van der Waals surface area contributed by atoms with E-state index in [9.17, 15) is 9.59 Å². The van der Waals surface area contributed by atoms with Crippen LogP contribution in [0.5, 0.6) is 0 Å². The maximum Gasteiger partial charge on any atom is 0.550 e. The minimum absolute atomic E-state index is 0.257. The first-order chi connectivity index (χ1) is 9.28. The Bertz CT molecular complexity index is 295. The maximum atomic E-state index is 11.2. The van der Waals surface area contributed by atoms with E-state index in [1.54, 1.807) is 20.8 Å². The molecule has 0 rings (SSSR count). The molecule has 0 aromatic rings. The van der Waals surface area contributed by atoms with Crippen LogP contribution in [0, 0.1) is 5.92 Å². The van der Waals surface area contributed by atoms with Crippen molar-refractivity contribution >= 4 is 12.3 Å². The summed E-state index contributed by atoms with van der Waals surface area (Å²) in [5.74, 6) is 0.295. The molecule has 0 N–H and O–H groups in total. The second-order valence-corrected chi connectivity index (χ2v) is 5.61. The topological polar surface area (TPSA) is 71.1 Å².